The Labute approximate surface area is 109 Å². The quantitative estimate of drug-likeness (QED) is 0.618. The first-order valence-electron chi connectivity index (χ1n) is 6.55. The van der Waals surface area contributed by atoms with E-state index in [1.807, 2.05) is 19.9 Å². The summed E-state index contributed by atoms with van der Waals surface area (Å²) in [5.41, 5.74) is 0.978. The number of carbonyl (C=O) groups excluding carboxylic acids is 1. The summed E-state index contributed by atoms with van der Waals surface area (Å²) in [5, 5.41) is 9.47. The topological polar surface area (TPSA) is 46.5 Å². The van der Waals surface area contributed by atoms with Crippen molar-refractivity contribution >= 4 is 5.97 Å². The van der Waals surface area contributed by atoms with E-state index in [0.29, 0.717) is 12.2 Å². The van der Waals surface area contributed by atoms with Crippen LogP contribution in [0.15, 0.2) is 18.2 Å². The van der Waals surface area contributed by atoms with Gasteiger partial charge in [-0.25, -0.2) is 0 Å². The summed E-state index contributed by atoms with van der Waals surface area (Å²) < 4.78 is 5.34. The molecule has 0 amide bonds. The van der Waals surface area contributed by atoms with E-state index in [4.69, 9.17) is 4.74 Å². The predicted molar refractivity (Wildman–Crippen MR) is 71.8 cm³/mol. The molecule has 0 aromatic heterocycles. The Balaban J connectivity index is 2.78. The van der Waals surface area contributed by atoms with Crippen LogP contribution in [-0.2, 0) is 11.2 Å². The van der Waals surface area contributed by atoms with Crippen LogP contribution in [0.5, 0.6) is 11.5 Å². The molecule has 3 nitrogen and oxygen atoms in total. The first kappa shape index (κ1) is 14.6. The van der Waals surface area contributed by atoms with Gasteiger partial charge in [-0.2, -0.15) is 0 Å². The fourth-order valence-corrected chi connectivity index (χ4v) is 1.71. The number of benzene rings is 1. The number of phenolic OH excluding ortho intramolecular Hbond substituents is 1. The molecule has 18 heavy (non-hydrogen) atoms. The maximum atomic E-state index is 11.7. The molecule has 0 radical (unpaired) electrons. The fourth-order valence-electron chi connectivity index (χ4n) is 1.71. The number of unbranched alkanes of at least 4 members (excludes halogenated alkanes) is 1. The van der Waals surface area contributed by atoms with Crippen molar-refractivity contribution in [3.63, 3.8) is 0 Å². The summed E-state index contributed by atoms with van der Waals surface area (Å²) in [6, 6.07) is 4.97. The van der Waals surface area contributed by atoms with Gasteiger partial charge in [-0.15, -0.1) is 0 Å². The SMILES string of the molecule is CCCCc1ccc(O)cc1OC(=O)CC(C)C. The van der Waals surface area contributed by atoms with E-state index < -0.39 is 0 Å². The van der Waals surface area contributed by atoms with Crippen molar-refractivity contribution in [1.29, 1.82) is 0 Å². The van der Waals surface area contributed by atoms with Crippen molar-refractivity contribution in [3.05, 3.63) is 23.8 Å². The molecule has 0 heterocycles. The lowest BCUT2D eigenvalue weighted by Gasteiger charge is -2.11. The molecule has 0 fully saturated rings. The number of hydrogen-bond acceptors (Lipinski definition) is 3. The second kappa shape index (κ2) is 7.04. The van der Waals surface area contributed by atoms with Gasteiger partial charge in [0, 0.05) is 12.5 Å². The number of carbonyl (C=O) groups is 1. The van der Waals surface area contributed by atoms with Gasteiger partial charge in [0.25, 0.3) is 0 Å². The van der Waals surface area contributed by atoms with E-state index >= 15 is 0 Å². The van der Waals surface area contributed by atoms with Gasteiger partial charge in [0.2, 0.25) is 0 Å². The van der Waals surface area contributed by atoms with E-state index in [2.05, 4.69) is 6.92 Å². The molecule has 100 valence electrons. The highest BCUT2D eigenvalue weighted by Crippen LogP contribution is 2.26. The smallest absolute Gasteiger partial charge is 0.311 e. The molecule has 0 spiro atoms. The highest BCUT2D eigenvalue weighted by Gasteiger charge is 2.11. The van der Waals surface area contributed by atoms with E-state index in [9.17, 15) is 9.90 Å². The van der Waals surface area contributed by atoms with Gasteiger partial charge >= 0.3 is 5.97 Å². The highest BCUT2D eigenvalue weighted by molar-refractivity contribution is 5.73. The highest BCUT2D eigenvalue weighted by atomic mass is 16.5. The molecule has 1 N–H and O–H groups in total. The van der Waals surface area contributed by atoms with Gasteiger partial charge in [-0.1, -0.05) is 33.3 Å². The van der Waals surface area contributed by atoms with Crippen molar-refractivity contribution in [1.82, 2.24) is 0 Å². The molecule has 0 atom stereocenters. The van der Waals surface area contributed by atoms with Gasteiger partial charge in [-0.3, -0.25) is 4.79 Å². The second-order valence-corrected chi connectivity index (χ2v) is 4.97. The summed E-state index contributed by atoms with van der Waals surface area (Å²) in [6.45, 7) is 6.06. The van der Waals surface area contributed by atoms with Crippen LogP contribution >= 0.6 is 0 Å². The van der Waals surface area contributed by atoms with Crippen molar-refractivity contribution in [2.24, 2.45) is 5.92 Å². The van der Waals surface area contributed by atoms with Gasteiger partial charge in [0.15, 0.2) is 0 Å². The van der Waals surface area contributed by atoms with Gasteiger partial charge in [0.1, 0.15) is 11.5 Å². The van der Waals surface area contributed by atoms with E-state index in [1.54, 1.807) is 6.07 Å². The zero-order valence-electron chi connectivity index (χ0n) is 11.4. The average Bonchev–Trinajstić information content (AvgIpc) is 2.26. The Morgan fingerprint density at radius 1 is 1.39 bits per heavy atom. The second-order valence-electron chi connectivity index (χ2n) is 4.97. The van der Waals surface area contributed by atoms with Crippen LogP contribution in [0.1, 0.15) is 45.6 Å². The molecule has 0 aliphatic rings. The number of phenols is 1. The monoisotopic (exact) mass is 250 g/mol. The molecule has 0 unspecified atom stereocenters. The molecule has 1 aromatic rings. The number of rotatable bonds is 6. The average molecular weight is 250 g/mol. The first-order valence-corrected chi connectivity index (χ1v) is 6.55. The van der Waals surface area contributed by atoms with Gasteiger partial charge in [-0.05, 0) is 30.4 Å². The molecule has 0 saturated carbocycles. The minimum atomic E-state index is -0.242. The summed E-state index contributed by atoms with van der Waals surface area (Å²) in [5.74, 6) is 0.652. The Morgan fingerprint density at radius 2 is 2.11 bits per heavy atom. The fraction of sp³-hybridized carbons (Fsp3) is 0.533. The molecule has 0 saturated heterocycles. The van der Waals surface area contributed by atoms with Gasteiger partial charge in [0.05, 0.1) is 0 Å². The van der Waals surface area contributed by atoms with Crippen LogP contribution in [0.2, 0.25) is 0 Å². The van der Waals surface area contributed by atoms with E-state index in [-0.39, 0.29) is 17.6 Å². The lowest BCUT2D eigenvalue weighted by molar-refractivity contribution is -0.135. The Hall–Kier alpha value is -1.51. The Kier molecular flexibility index (Phi) is 5.69. The Bertz CT molecular complexity index is 397. The molecule has 0 aliphatic carbocycles. The predicted octanol–water partition coefficient (Wildman–Crippen LogP) is 3.69. The molecule has 1 aromatic carbocycles. The number of hydrogen-bond donors (Lipinski definition) is 1. The molecular formula is C15H22O3. The largest absolute Gasteiger partial charge is 0.508 e. The normalized spacial score (nSPS) is 10.7. The third-order valence-corrected chi connectivity index (χ3v) is 2.65. The summed E-state index contributed by atoms with van der Waals surface area (Å²) >= 11 is 0. The van der Waals surface area contributed by atoms with Crippen molar-refractivity contribution in [3.8, 4) is 11.5 Å². The van der Waals surface area contributed by atoms with Crippen LogP contribution < -0.4 is 4.74 Å². The van der Waals surface area contributed by atoms with E-state index in [0.717, 1.165) is 24.8 Å². The van der Waals surface area contributed by atoms with Crippen LogP contribution in [0.25, 0.3) is 0 Å². The Morgan fingerprint density at radius 3 is 2.72 bits per heavy atom. The third-order valence-electron chi connectivity index (χ3n) is 2.65. The number of aryl methyl sites for hydroxylation is 1. The summed E-state index contributed by atoms with van der Waals surface area (Å²) in [4.78, 5) is 11.7. The lowest BCUT2D eigenvalue weighted by Crippen LogP contribution is -2.11. The number of aromatic hydroxyl groups is 1. The van der Waals surface area contributed by atoms with Crippen LogP contribution in [-0.4, -0.2) is 11.1 Å². The third kappa shape index (κ3) is 4.78. The standard InChI is InChI=1S/C15H22O3/c1-4-5-6-12-7-8-13(16)10-14(12)18-15(17)9-11(2)3/h7-8,10-11,16H,4-6,9H2,1-3H3. The molecular weight excluding hydrogens is 228 g/mol. The van der Waals surface area contributed by atoms with Gasteiger partial charge < -0.3 is 9.84 Å². The number of ether oxygens (including phenoxy) is 1. The molecule has 3 heteroatoms. The molecule has 0 bridgehead atoms. The zero-order chi connectivity index (χ0) is 13.5. The maximum Gasteiger partial charge on any atom is 0.311 e. The lowest BCUT2D eigenvalue weighted by atomic mass is 10.1. The van der Waals surface area contributed by atoms with Crippen molar-refractivity contribution < 1.29 is 14.6 Å². The zero-order valence-corrected chi connectivity index (χ0v) is 11.4. The molecule has 0 aliphatic heterocycles. The first-order chi connectivity index (χ1) is 8.52. The summed E-state index contributed by atoms with van der Waals surface area (Å²) in [7, 11) is 0. The van der Waals surface area contributed by atoms with Crippen LogP contribution in [0, 0.1) is 5.92 Å². The molecule has 1 rings (SSSR count). The van der Waals surface area contributed by atoms with E-state index in [1.165, 1.54) is 6.07 Å². The minimum absolute atomic E-state index is 0.127. The number of esters is 1. The maximum absolute atomic E-state index is 11.7. The van der Waals surface area contributed by atoms with Crippen molar-refractivity contribution in [2.75, 3.05) is 0 Å². The van der Waals surface area contributed by atoms with Crippen LogP contribution in [0.4, 0.5) is 0 Å². The summed E-state index contributed by atoms with van der Waals surface area (Å²) in [6.07, 6.45) is 3.38. The van der Waals surface area contributed by atoms with Crippen molar-refractivity contribution in [2.45, 2.75) is 46.5 Å². The minimum Gasteiger partial charge on any atom is -0.508 e. The van der Waals surface area contributed by atoms with Crippen LogP contribution in [0.3, 0.4) is 0 Å².